The molecule has 0 saturated carbocycles. The molecule has 6 nitrogen and oxygen atoms in total. The number of methoxy groups -OCH3 is 1. The Hall–Kier alpha value is -3.22. The van der Waals surface area contributed by atoms with Crippen LogP contribution in [0, 0.1) is 0 Å². The van der Waals surface area contributed by atoms with Gasteiger partial charge in [0.1, 0.15) is 10.9 Å². The number of halogens is 2. The molecule has 0 spiro atoms. The molecule has 174 valence electrons. The smallest absolute Gasteiger partial charge is 0.257 e. The number of nitrogens with one attached hydrogen (secondary N) is 1. The minimum atomic E-state index is -0.407. The molecule has 8 heteroatoms. The number of anilines is 1. The number of aliphatic imine (C=N–C) groups is 1. The van der Waals surface area contributed by atoms with Gasteiger partial charge in [-0.1, -0.05) is 41.4 Å². The molecule has 1 aliphatic rings. The first-order chi connectivity index (χ1) is 16.1. The maximum absolute atomic E-state index is 13.2. The first-order valence-corrected chi connectivity index (χ1v) is 11.4. The zero-order chi connectivity index (χ0) is 24.5. The lowest BCUT2D eigenvalue weighted by molar-refractivity contribution is 0.0996. The average molecular weight is 496 g/mol. The second kappa shape index (κ2) is 9.57. The van der Waals surface area contributed by atoms with E-state index < -0.39 is 5.91 Å². The van der Waals surface area contributed by atoms with Gasteiger partial charge in [0.25, 0.3) is 5.91 Å². The highest BCUT2D eigenvalue weighted by Gasteiger charge is 2.28. The second-order valence-electron chi connectivity index (χ2n) is 8.70. The Bertz CT molecular complexity index is 1320. The number of carbonyl (C=O) groups is 2. The van der Waals surface area contributed by atoms with Crippen molar-refractivity contribution >= 4 is 46.3 Å². The summed E-state index contributed by atoms with van der Waals surface area (Å²) in [6.45, 7) is 4.11. The van der Waals surface area contributed by atoms with Crippen molar-refractivity contribution in [1.29, 1.82) is 0 Å². The minimum absolute atomic E-state index is 0.0995. The Morgan fingerprint density at radius 1 is 1.09 bits per heavy atom. The molecule has 2 heterocycles. The van der Waals surface area contributed by atoms with Crippen molar-refractivity contribution < 1.29 is 14.3 Å². The first kappa shape index (κ1) is 23.9. The van der Waals surface area contributed by atoms with Crippen LogP contribution in [0.3, 0.4) is 0 Å². The highest BCUT2D eigenvalue weighted by molar-refractivity contribution is 6.41. The van der Waals surface area contributed by atoms with Crippen molar-refractivity contribution in [3.8, 4) is 5.75 Å². The maximum atomic E-state index is 13.2. The number of benzene rings is 2. The fourth-order valence-corrected chi connectivity index (χ4v) is 4.21. The third-order valence-corrected chi connectivity index (χ3v) is 6.20. The van der Waals surface area contributed by atoms with Crippen LogP contribution in [0.5, 0.6) is 5.75 Å². The van der Waals surface area contributed by atoms with E-state index in [2.05, 4.69) is 24.1 Å². The molecule has 0 atom stereocenters. The van der Waals surface area contributed by atoms with Gasteiger partial charge in [0.15, 0.2) is 5.78 Å². The highest BCUT2D eigenvalue weighted by atomic mass is 35.5. The third kappa shape index (κ3) is 5.29. The van der Waals surface area contributed by atoms with Crippen LogP contribution in [0.4, 0.5) is 5.69 Å². The number of pyridine rings is 1. The maximum Gasteiger partial charge on any atom is 0.257 e. The largest absolute Gasteiger partial charge is 0.497 e. The van der Waals surface area contributed by atoms with Gasteiger partial charge >= 0.3 is 0 Å². The molecule has 0 fully saturated rings. The van der Waals surface area contributed by atoms with Gasteiger partial charge < -0.3 is 10.1 Å². The lowest BCUT2D eigenvalue weighted by Crippen LogP contribution is -2.30. The number of hydrogen-bond acceptors (Lipinski definition) is 5. The highest BCUT2D eigenvalue weighted by Crippen LogP contribution is 2.31. The van der Waals surface area contributed by atoms with Gasteiger partial charge in [0.2, 0.25) is 0 Å². The molecule has 4 rings (SSSR count). The summed E-state index contributed by atoms with van der Waals surface area (Å²) in [5.41, 5.74) is 3.71. The van der Waals surface area contributed by atoms with Crippen LogP contribution >= 0.6 is 23.2 Å². The van der Waals surface area contributed by atoms with Gasteiger partial charge in [-0.3, -0.25) is 14.6 Å². The summed E-state index contributed by atoms with van der Waals surface area (Å²) >= 11 is 11.8. The molecule has 0 unspecified atom stereocenters. The second-order valence-corrected chi connectivity index (χ2v) is 9.47. The number of carbonyl (C=O) groups excluding carboxylic acids is 2. The molecule has 3 aromatic rings. The first-order valence-electron chi connectivity index (χ1n) is 10.7. The van der Waals surface area contributed by atoms with Gasteiger partial charge in [0, 0.05) is 23.0 Å². The third-order valence-electron chi connectivity index (χ3n) is 5.52. The van der Waals surface area contributed by atoms with E-state index in [0.29, 0.717) is 11.3 Å². The van der Waals surface area contributed by atoms with E-state index >= 15 is 0 Å². The Morgan fingerprint density at radius 2 is 1.88 bits per heavy atom. The lowest BCUT2D eigenvalue weighted by atomic mass is 9.85. The zero-order valence-corrected chi connectivity index (χ0v) is 20.5. The Labute approximate surface area is 208 Å². The molecule has 2 aromatic carbocycles. The molecule has 34 heavy (non-hydrogen) atoms. The predicted octanol–water partition coefficient (Wildman–Crippen LogP) is 6.05. The van der Waals surface area contributed by atoms with Gasteiger partial charge in [-0.2, -0.15) is 0 Å². The van der Waals surface area contributed by atoms with Gasteiger partial charge in [-0.25, -0.2) is 4.98 Å². The van der Waals surface area contributed by atoms with Crippen molar-refractivity contribution in [3.63, 3.8) is 0 Å². The summed E-state index contributed by atoms with van der Waals surface area (Å²) in [6.07, 6.45) is 2.26. The number of fused-ring (bicyclic) bond motifs is 1. The van der Waals surface area contributed by atoms with Crippen molar-refractivity contribution in [1.82, 2.24) is 4.98 Å². The fraction of sp³-hybridized carbons (Fsp3) is 0.231. The average Bonchev–Trinajstić information content (AvgIpc) is 2.80. The summed E-state index contributed by atoms with van der Waals surface area (Å²) in [5.74, 6) is 0.215. The van der Waals surface area contributed by atoms with E-state index in [0.717, 1.165) is 29.0 Å². The van der Waals surface area contributed by atoms with E-state index in [9.17, 15) is 9.59 Å². The molecule has 0 saturated heterocycles. The number of rotatable bonds is 6. The van der Waals surface area contributed by atoms with Crippen molar-refractivity contribution in [2.75, 3.05) is 12.4 Å². The van der Waals surface area contributed by atoms with Crippen LogP contribution in [0.1, 0.15) is 52.1 Å². The van der Waals surface area contributed by atoms with Crippen LogP contribution < -0.4 is 10.1 Å². The molecule has 0 radical (unpaired) electrons. The van der Waals surface area contributed by atoms with Crippen LogP contribution in [0.25, 0.3) is 0 Å². The topological polar surface area (TPSA) is 80.6 Å². The van der Waals surface area contributed by atoms with E-state index in [1.807, 2.05) is 18.2 Å². The normalized spacial score (nSPS) is 14.1. The van der Waals surface area contributed by atoms with E-state index in [-0.39, 0.29) is 33.5 Å². The summed E-state index contributed by atoms with van der Waals surface area (Å²) in [6, 6.07) is 14.1. The number of ketones is 1. The van der Waals surface area contributed by atoms with E-state index in [1.54, 1.807) is 31.4 Å². The quantitative estimate of drug-likeness (QED) is 0.333. The van der Waals surface area contributed by atoms with Crippen molar-refractivity contribution in [3.05, 3.63) is 87.2 Å². The van der Waals surface area contributed by atoms with Crippen LogP contribution in [0.15, 0.2) is 59.7 Å². The van der Waals surface area contributed by atoms with Crippen LogP contribution in [0.2, 0.25) is 10.2 Å². The number of aromatic nitrogens is 1. The molecular formula is C26H23Cl2N3O3. The molecule has 1 amide bonds. The Kier molecular flexibility index (Phi) is 6.73. The van der Waals surface area contributed by atoms with Crippen molar-refractivity contribution in [2.45, 2.75) is 32.2 Å². The summed E-state index contributed by atoms with van der Waals surface area (Å²) in [4.78, 5) is 34.5. The van der Waals surface area contributed by atoms with Crippen LogP contribution in [-0.2, 0) is 6.42 Å². The van der Waals surface area contributed by atoms with Gasteiger partial charge in [-0.05, 0) is 56.2 Å². The molecule has 0 aliphatic carbocycles. The number of hydrogen-bond donors (Lipinski definition) is 1. The molecule has 1 N–H and O–H groups in total. The summed E-state index contributed by atoms with van der Waals surface area (Å²) in [5, 5.41) is 3.08. The summed E-state index contributed by atoms with van der Waals surface area (Å²) in [7, 11) is 1.62. The molecule has 1 aliphatic heterocycles. The van der Waals surface area contributed by atoms with E-state index in [4.69, 9.17) is 32.9 Å². The van der Waals surface area contributed by atoms with Gasteiger partial charge in [0.05, 0.1) is 35.4 Å². The molecule has 1 aromatic heterocycles. The predicted molar refractivity (Wildman–Crippen MR) is 135 cm³/mol. The summed E-state index contributed by atoms with van der Waals surface area (Å²) < 4.78 is 5.37. The SMILES string of the molecule is COc1ccc2c(c1)C(CC(=O)c1cccc(NC(=O)c3cnc(Cl)c(Cl)c3)c1)=NC(C)(C)C2. The minimum Gasteiger partial charge on any atom is -0.497 e. The molecule has 0 bridgehead atoms. The zero-order valence-electron chi connectivity index (χ0n) is 19.0. The number of Topliss-reactive ketones (excluding diaryl/α,β-unsaturated/α-hetero) is 1. The van der Waals surface area contributed by atoms with Crippen molar-refractivity contribution in [2.24, 2.45) is 4.99 Å². The Morgan fingerprint density at radius 3 is 2.62 bits per heavy atom. The lowest BCUT2D eigenvalue weighted by Gasteiger charge is -2.29. The fourth-order valence-electron chi connectivity index (χ4n) is 3.94. The Balaban J connectivity index is 1.55. The number of amides is 1. The standard InChI is InChI=1S/C26H23Cl2N3O3/c1-26(2)13-16-7-8-19(34-3)11-20(16)22(31-26)12-23(32)15-5-4-6-18(9-15)30-25(33)17-10-21(27)24(28)29-14-17/h4-11,14H,12-13H2,1-3H3,(H,30,33). The number of nitrogens with zero attached hydrogens (tertiary/aromatic N) is 2. The molecular weight excluding hydrogens is 473 g/mol. The number of ether oxygens (including phenoxy) is 1. The van der Waals surface area contributed by atoms with Crippen LogP contribution in [-0.4, -0.2) is 35.0 Å². The monoisotopic (exact) mass is 495 g/mol. The van der Waals surface area contributed by atoms with E-state index in [1.165, 1.54) is 12.3 Å². The van der Waals surface area contributed by atoms with Gasteiger partial charge in [-0.15, -0.1) is 0 Å².